The molecule has 4 aliphatic rings. The predicted molar refractivity (Wildman–Crippen MR) is 87.6 cm³/mol. The zero-order valence-electron chi connectivity index (χ0n) is 14.5. The summed E-state index contributed by atoms with van der Waals surface area (Å²) in [5, 5.41) is 3.45. The Morgan fingerprint density at radius 2 is 1.82 bits per heavy atom. The Morgan fingerprint density at radius 1 is 1.09 bits per heavy atom. The largest absolute Gasteiger partial charge is 0.337 e. The SMILES string of the molecule is CC(C)C1CC2C(CCN2C(=O)[C@@H]2N[C@H]2C2CC2)N1C(C)C. The number of nitrogens with one attached hydrogen (secondary N) is 1. The van der Waals surface area contributed by atoms with E-state index in [1.807, 2.05) is 0 Å². The molecular weight excluding hydrogens is 274 g/mol. The van der Waals surface area contributed by atoms with Crippen LogP contribution in [0.4, 0.5) is 0 Å². The van der Waals surface area contributed by atoms with Crippen LogP contribution in [0.15, 0.2) is 0 Å². The highest BCUT2D eigenvalue weighted by Crippen LogP contribution is 2.43. The molecule has 1 saturated carbocycles. The molecule has 1 aliphatic carbocycles. The van der Waals surface area contributed by atoms with Crippen LogP contribution in [-0.2, 0) is 4.79 Å². The fraction of sp³-hybridized carbons (Fsp3) is 0.944. The van der Waals surface area contributed by atoms with Gasteiger partial charge in [-0.3, -0.25) is 15.0 Å². The van der Waals surface area contributed by atoms with Gasteiger partial charge < -0.3 is 4.90 Å². The first-order valence-corrected chi connectivity index (χ1v) is 9.33. The van der Waals surface area contributed by atoms with Gasteiger partial charge in [0.05, 0.1) is 0 Å². The summed E-state index contributed by atoms with van der Waals surface area (Å²) in [6, 6.07) is 2.93. The van der Waals surface area contributed by atoms with Gasteiger partial charge in [-0.2, -0.15) is 0 Å². The third-order valence-corrected chi connectivity index (χ3v) is 6.43. The van der Waals surface area contributed by atoms with Gasteiger partial charge in [-0.25, -0.2) is 0 Å². The fourth-order valence-electron chi connectivity index (χ4n) is 5.16. The average Bonchev–Trinajstić information content (AvgIpc) is 3.32. The lowest BCUT2D eigenvalue weighted by atomic mass is 9.99. The molecule has 1 amide bonds. The number of hydrogen-bond donors (Lipinski definition) is 1. The zero-order valence-corrected chi connectivity index (χ0v) is 14.5. The van der Waals surface area contributed by atoms with E-state index in [0.717, 1.165) is 12.5 Å². The van der Waals surface area contributed by atoms with E-state index in [1.54, 1.807) is 0 Å². The number of likely N-dealkylation sites (tertiary alicyclic amines) is 2. The molecule has 0 aromatic carbocycles. The highest BCUT2D eigenvalue weighted by Gasteiger charge is 2.56. The first kappa shape index (κ1) is 14.9. The van der Waals surface area contributed by atoms with Crippen LogP contribution in [-0.4, -0.2) is 58.5 Å². The monoisotopic (exact) mass is 305 g/mol. The van der Waals surface area contributed by atoms with Crippen molar-refractivity contribution in [1.82, 2.24) is 15.1 Å². The van der Waals surface area contributed by atoms with Crippen molar-refractivity contribution in [2.45, 2.75) is 89.6 Å². The second-order valence-electron chi connectivity index (χ2n) is 8.55. The third kappa shape index (κ3) is 2.30. The quantitative estimate of drug-likeness (QED) is 0.806. The smallest absolute Gasteiger partial charge is 0.241 e. The second kappa shape index (κ2) is 5.20. The Labute approximate surface area is 134 Å². The number of carbonyl (C=O) groups is 1. The van der Waals surface area contributed by atoms with Crippen molar-refractivity contribution in [3.8, 4) is 0 Å². The number of nitrogens with zero attached hydrogens (tertiary/aromatic N) is 2. The van der Waals surface area contributed by atoms with Crippen molar-refractivity contribution in [1.29, 1.82) is 0 Å². The summed E-state index contributed by atoms with van der Waals surface area (Å²) in [6.45, 7) is 10.3. The van der Waals surface area contributed by atoms with Crippen LogP contribution in [0.2, 0.25) is 0 Å². The predicted octanol–water partition coefficient (Wildman–Crippen LogP) is 1.84. The summed E-state index contributed by atoms with van der Waals surface area (Å²) in [6.07, 6.45) is 4.99. The van der Waals surface area contributed by atoms with E-state index < -0.39 is 0 Å². The molecule has 4 fully saturated rings. The van der Waals surface area contributed by atoms with Crippen molar-refractivity contribution in [3.05, 3.63) is 0 Å². The Balaban J connectivity index is 1.47. The minimum Gasteiger partial charge on any atom is -0.337 e. The molecule has 0 aromatic rings. The molecule has 5 atom stereocenters. The summed E-state index contributed by atoms with van der Waals surface area (Å²) in [5.41, 5.74) is 0. The Hall–Kier alpha value is -0.610. The molecule has 4 rings (SSSR count). The van der Waals surface area contributed by atoms with E-state index in [0.29, 0.717) is 42.0 Å². The lowest BCUT2D eigenvalue weighted by molar-refractivity contribution is -0.131. The van der Waals surface area contributed by atoms with E-state index >= 15 is 0 Å². The molecule has 0 aromatic heterocycles. The van der Waals surface area contributed by atoms with Gasteiger partial charge >= 0.3 is 0 Å². The fourth-order valence-corrected chi connectivity index (χ4v) is 5.16. The summed E-state index contributed by atoms with van der Waals surface area (Å²) >= 11 is 0. The number of fused-ring (bicyclic) bond motifs is 1. The molecule has 4 nitrogen and oxygen atoms in total. The van der Waals surface area contributed by atoms with Crippen LogP contribution in [0.5, 0.6) is 0 Å². The van der Waals surface area contributed by atoms with Gasteiger partial charge in [-0.05, 0) is 51.4 Å². The van der Waals surface area contributed by atoms with E-state index in [9.17, 15) is 4.79 Å². The number of hydrogen-bond acceptors (Lipinski definition) is 3. The van der Waals surface area contributed by atoms with Crippen LogP contribution >= 0.6 is 0 Å². The zero-order chi connectivity index (χ0) is 15.6. The van der Waals surface area contributed by atoms with E-state index in [1.165, 1.54) is 25.7 Å². The Morgan fingerprint density at radius 3 is 2.41 bits per heavy atom. The first-order chi connectivity index (χ1) is 10.5. The van der Waals surface area contributed by atoms with Crippen molar-refractivity contribution >= 4 is 5.91 Å². The number of rotatable bonds is 4. The molecule has 3 unspecified atom stereocenters. The molecule has 22 heavy (non-hydrogen) atoms. The molecule has 3 saturated heterocycles. The van der Waals surface area contributed by atoms with Crippen molar-refractivity contribution in [2.24, 2.45) is 11.8 Å². The number of carbonyl (C=O) groups excluding carboxylic acids is 1. The lowest BCUT2D eigenvalue weighted by Crippen LogP contribution is -2.45. The van der Waals surface area contributed by atoms with Crippen LogP contribution < -0.4 is 5.32 Å². The second-order valence-corrected chi connectivity index (χ2v) is 8.55. The van der Waals surface area contributed by atoms with Gasteiger partial charge in [0.15, 0.2) is 0 Å². The summed E-state index contributed by atoms with van der Waals surface area (Å²) < 4.78 is 0. The summed E-state index contributed by atoms with van der Waals surface area (Å²) in [7, 11) is 0. The average molecular weight is 305 g/mol. The topological polar surface area (TPSA) is 45.5 Å². The Bertz CT molecular complexity index is 459. The maximum atomic E-state index is 12.9. The van der Waals surface area contributed by atoms with Crippen molar-refractivity contribution in [3.63, 3.8) is 0 Å². The Kier molecular flexibility index (Phi) is 3.53. The third-order valence-electron chi connectivity index (χ3n) is 6.43. The van der Waals surface area contributed by atoms with E-state index in [4.69, 9.17) is 0 Å². The van der Waals surface area contributed by atoms with Gasteiger partial charge in [0, 0.05) is 36.8 Å². The van der Waals surface area contributed by atoms with Crippen molar-refractivity contribution in [2.75, 3.05) is 6.54 Å². The molecule has 3 aliphatic heterocycles. The van der Waals surface area contributed by atoms with Crippen LogP contribution in [0, 0.1) is 11.8 Å². The number of amides is 1. The van der Waals surface area contributed by atoms with Gasteiger partial charge in [-0.15, -0.1) is 0 Å². The van der Waals surface area contributed by atoms with Crippen LogP contribution in [0.1, 0.15) is 53.4 Å². The summed E-state index contributed by atoms with van der Waals surface area (Å²) in [4.78, 5) is 17.8. The standard InChI is InChI=1S/C18H31N3O/c1-10(2)14-9-15-13(21(14)11(3)4)7-8-20(15)18(22)17-16(19-17)12-5-6-12/h10-17,19H,5-9H2,1-4H3/t13?,14?,15?,16-,17+/m0/s1. The highest BCUT2D eigenvalue weighted by atomic mass is 16.2. The minimum absolute atomic E-state index is 0.150. The molecular formula is C18H31N3O. The van der Waals surface area contributed by atoms with Gasteiger partial charge in [0.25, 0.3) is 0 Å². The van der Waals surface area contributed by atoms with E-state index in [2.05, 4.69) is 42.8 Å². The van der Waals surface area contributed by atoms with Gasteiger partial charge in [0.2, 0.25) is 5.91 Å². The van der Waals surface area contributed by atoms with Crippen molar-refractivity contribution < 1.29 is 4.79 Å². The molecule has 0 radical (unpaired) electrons. The normalized spacial score (nSPS) is 41.5. The molecule has 3 heterocycles. The maximum Gasteiger partial charge on any atom is 0.241 e. The van der Waals surface area contributed by atoms with E-state index in [-0.39, 0.29) is 6.04 Å². The maximum absolute atomic E-state index is 12.9. The molecule has 124 valence electrons. The van der Waals surface area contributed by atoms with Crippen LogP contribution in [0.25, 0.3) is 0 Å². The minimum atomic E-state index is 0.150. The highest BCUT2D eigenvalue weighted by molar-refractivity contribution is 5.86. The van der Waals surface area contributed by atoms with Gasteiger partial charge in [0.1, 0.15) is 6.04 Å². The molecule has 0 bridgehead atoms. The van der Waals surface area contributed by atoms with Crippen LogP contribution in [0.3, 0.4) is 0 Å². The van der Waals surface area contributed by atoms with Gasteiger partial charge in [-0.1, -0.05) is 13.8 Å². The molecule has 0 spiro atoms. The lowest BCUT2D eigenvalue weighted by Gasteiger charge is -2.34. The molecule has 1 N–H and O–H groups in total. The summed E-state index contributed by atoms with van der Waals surface area (Å²) in [5.74, 6) is 1.87. The first-order valence-electron chi connectivity index (χ1n) is 9.33. The molecule has 4 heteroatoms.